The van der Waals surface area contributed by atoms with E-state index in [0.29, 0.717) is 23.9 Å². The summed E-state index contributed by atoms with van der Waals surface area (Å²) in [6, 6.07) is 9.32. The fourth-order valence-electron chi connectivity index (χ4n) is 2.73. The molecule has 0 spiro atoms. The number of amides is 1. The molecule has 1 heterocycles. The molecule has 0 saturated carbocycles. The summed E-state index contributed by atoms with van der Waals surface area (Å²) in [6.45, 7) is 1.14. The Morgan fingerprint density at radius 2 is 1.93 bits per heavy atom. The molecule has 7 nitrogen and oxygen atoms in total. The Morgan fingerprint density at radius 3 is 2.57 bits per heavy atom. The standard InChI is InChI=1S/C18H18BrClN2O5S/c1-26-16-5-2-12(18(23)21-15-4-3-13(19)11-14(15)20)10-17(16)28(24,25)22-6-8-27-9-7-22/h2-5,10-11H,6-9H2,1H3,(H,21,23). The van der Waals surface area contributed by atoms with E-state index in [9.17, 15) is 13.2 Å². The second-order valence-electron chi connectivity index (χ2n) is 5.96. The summed E-state index contributed by atoms with van der Waals surface area (Å²) in [7, 11) is -2.45. The van der Waals surface area contributed by atoms with Crippen LogP contribution in [0.5, 0.6) is 5.75 Å². The van der Waals surface area contributed by atoms with Crippen LogP contribution in [-0.2, 0) is 14.8 Å². The molecule has 0 aromatic heterocycles. The van der Waals surface area contributed by atoms with E-state index in [0.717, 1.165) is 4.47 Å². The lowest BCUT2D eigenvalue weighted by Gasteiger charge is -2.26. The van der Waals surface area contributed by atoms with Gasteiger partial charge in [0.2, 0.25) is 10.0 Å². The van der Waals surface area contributed by atoms with Crippen LogP contribution in [0.3, 0.4) is 0 Å². The molecule has 0 bridgehead atoms. The summed E-state index contributed by atoms with van der Waals surface area (Å²) < 4.78 is 38.6. The molecule has 3 rings (SSSR count). The van der Waals surface area contributed by atoms with Gasteiger partial charge in [-0.25, -0.2) is 8.42 Å². The molecule has 150 valence electrons. The third kappa shape index (κ3) is 4.49. The average Bonchev–Trinajstić information content (AvgIpc) is 2.70. The fraction of sp³-hybridized carbons (Fsp3) is 0.278. The van der Waals surface area contributed by atoms with Crippen molar-refractivity contribution in [2.24, 2.45) is 0 Å². The Morgan fingerprint density at radius 1 is 1.21 bits per heavy atom. The summed E-state index contributed by atoms with van der Waals surface area (Å²) in [4.78, 5) is 12.6. The second-order valence-corrected chi connectivity index (χ2v) is 9.19. The Balaban J connectivity index is 1.92. The van der Waals surface area contributed by atoms with Crippen LogP contribution in [0, 0.1) is 0 Å². The number of nitrogens with zero attached hydrogens (tertiary/aromatic N) is 1. The van der Waals surface area contributed by atoms with E-state index < -0.39 is 15.9 Å². The minimum Gasteiger partial charge on any atom is -0.495 e. The number of ether oxygens (including phenoxy) is 2. The van der Waals surface area contributed by atoms with E-state index in [-0.39, 0.29) is 29.3 Å². The summed E-state index contributed by atoms with van der Waals surface area (Å²) in [6.07, 6.45) is 0. The van der Waals surface area contributed by atoms with E-state index in [1.165, 1.54) is 29.6 Å². The predicted octanol–water partition coefficient (Wildman–Crippen LogP) is 3.38. The zero-order valence-electron chi connectivity index (χ0n) is 14.9. The SMILES string of the molecule is COc1ccc(C(=O)Nc2ccc(Br)cc2Cl)cc1S(=O)(=O)N1CCOCC1. The minimum atomic E-state index is -3.83. The zero-order valence-corrected chi connectivity index (χ0v) is 18.1. The second kappa shape index (κ2) is 8.79. The van der Waals surface area contributed by atoms with Gasteiger partial charge in [0.05, 0.1) is 31.0 Å². The molecule has 0 radical (unpaired) electrons. The van der Waals surface area contributed by atoms with Gasteiger partial charge in [-0.2, -0.15) is 4.31 Å². The van der Waals surface area contributed by atoms with Gasteiger partial charge in [0.15, 0.2) is 0 Å². The predicted molar refractivity (Wildman–Crippen MR) is 110 cm³/mol. The van der Waals surface area contributed by atoms with Crippen LogP contribution in [0.15, 0.2) is 45.8 Å². The van der Waals surface area contributed by atoms with Crippen molar-refractivity contribution >= 4 is 49.1 Å². The normalized spacial score (nSPS) is 15.2. The monoisotopic (exact) mass is 488 g/mol. The third-order valence-electron chi connectivity index (χ3n) is 4.19. The molecule has 28 heavy (non-hydrogen) atoms. The van der Waals surface area contributed by atoms with Gasteiger partial charge >= 0.3 is 0 Å². The van der Waals surface area contributed by atoms with Crippen molar-refractivity contribution in [3.8, 4) is 5.75 Å². The molecule has 1 fully saturated rings. The molecule has 0 unspecified atom stereocenters. The van der Waals surface area contributed by atoms with E-state index in [1.807, 2.05) is 0 Å². The molecule has 10 heteroatoms. The van der Waals surface area contributed by atoms with E-state index in [4.69, 9.17) is 21.1 Å². The molecular formula is C18H18BrClN2O5S. The van der Waals surface area contributed by atoms with Crippen molar-refractivity contribution in [1.82, 2.24) is 4.31 Å². The maximum Gasteiger partial charge on any atom is 0.255 e. The molecule has 1 aliphatic rings. The van der Waals surface area contributed by atoms with E-state index in [1.54, 1.807) is 18.2 Å². The number of carbonyl (C=O) groups is 1. The number of hydrogen-bond donors (Lipinski definition) is 1. The number of nitrogens with one attached hydrogen (secondary N) is 1. The van der Waals surface area contributed by atoms with Gasteiger partial charge < -0.3 is 14.8 Å². The van der Waals surface area contributed by atoms with Gasteiger partial charge in [0.25, 0.3) is 5.91 Å². The summed E-state index contributed by atoms with van der Waals surface area (Å²) in [5.74, 6) is -0.310. The average molecular weight is 490 g/mol. The van der Waals surface area contributed by atoms with Crippen molar-refractivity contribution in [2.45, 2.75) is 4.90 Å². The van der Waals surface area contributed by atoms with Crippen LogP contribution < -0.4 is 10.1 Å². The first-order valence-electron chi connectivity index (χ1n) is 8.35. The highest BCUT2D eigenvalue weighted by atomic mass is 79.9. The van der Waals surface area contributed by atoms with Gasteiger partial charge in [-0.15, -0.1) is 0 Å². The highest BCUT2D eigenvalue weighted by Gasteiger charge is 2.30. The Hall–Kier alpha value is -1.65. The lowest BCUT2D eigenvalue weighted by molar-refractivity contribution is 0.0729. The molecule has 2 aromatic rings. The van der Waals surface area contributed by atoms with Crippen molar-refractivity contribution < 1.29 is 22.7 Å². The van der Waals surface area contributed by atoms with Crippen LogP contribution in [0.25, 0.3) is 0 Å². The number of sulfonamides is 1. The maximum absolute atomic E-state index is 13.0. The van der Waals surface area contributed by atoms with Gasteiger partial charge in [-0.1, -0.05) is 27.5 Å². The largest absolute Gasteiger partial charge is 0.495 e. The number of methoxy groups -OCH3 is 1. The van der Waals surface area contributed by atoms with Crippen LogP contribution in [0.4, 0.5) is 5.69 Å². The number of rotatable bonds is 5. The van der Waals surface area contributed by atoms with Gasteiger partial charge in [-0.05, 0) is 36.4 Å². The third-order valence-corrected chi connectivity index (χ3v) is 6.92. The summed E-state index contributed by atoms with van der Waals surface area (Å²) in [5, 5.41) is 3.05. The Kier molecular flexibility index (Phi) is 6.61. The first-order valence-corrected chi connectivity index (χ1v) is 11.0. The lowest BCUT2D eigenvalue weighted by atomic mass is 10.2. The fourth-order valence-corrected chi connectivity index (χ4v) is 5.04. The van der Waals surface area contributed by atoms with Crippen LogP contribution in [0.2, 0.25) is 5.02 Å². The lowest BCUT2D eigenvalue weighted by Crippen LogP contribution is -2.40. The van der Waals surface area contributed by atoms with Crippen molar-refractivity contribution in [3.63, 3.8) is 0 Å². The van der Waals surface area contributed by atoms with E-state index in [2.05, 4.69) is 21.2 Å². The van der Waals surface area contributed by atoms with Crippen molar-refractivity contribution in [1.29, 1.82) is 0 Å². The number of carbonyl (C=O) groups excluding carboxylic acids is 1. The molecule has 1 amide bonds. The van der Waals surface area contributed by atoms with Crippen LogP contribution in [0.1, 0.15) is 10.4 Å². The van der Waals surface area contributed by atoms with E-state index >= 15 is 0 Å². The summed E-state index contributed by atoms with van der Waals surface area (Å²) >= 11 is 9.44. The van der Waals surface area contributed by atoms with Crippen LogP contribution in [-0.4, -0.2) is 52.0 Å². The number of benzene rings is 2. The van der Waals surface area contributed by atoms with Gasteiger partial charge in [0.1, 0.15) is 10.6 Å². The number of hydrogen-bond acceptors (Lipinski definition) is 5. The highest BCUT2D eigenvalue weighted by Crippen LogP contribution is 2.30. The first kappa shape index (κ1) is 21.1. The molecule has 1 N–H and O–H groups in total. The van der Waals surface area contributed by atoms with Gasteiger partial charge in [-0.3, -0.25) is 4.79 Å². The molecule has 1 saturated heterocycles. The molecule has 2 aromatic carbocycles. The minimum absolute atomic E-state index is 0.0635. The number of morpholine rings is 1. The Labute approximate surface area is 176 Å². The molecule has 0 aliphatic carbocycles. The van der Waals surface area contributed by atoms with Crippen molar-refractivity contribution in [2.75, 3.05) is 38.7 Å². The zero-order chi connectivity index (χ0) is 20.3. The Bertz CT molecular complexity index is 993. The van der Waals surface area contributed by atoms with Gasteiger partial charge in [0, 0.05) is 23.1 Å². The van der Waals surface area contributed by atoms with Crippen molar-refractivity contribution in [3.05, 3.63) is 51.5 Å². The topological polar surface area (TPSA) is 84.9 Å². The number of halogens is 2. The molecular weight excluding hydrogens is 472 g/mol. The van der Waals surface area contributed by atoms with Crippen LogP contribution >= 0.6 is 27.5 Å². The summed E-state index contributed by atoms with van der Waals surface area (Å²) in [5.41, 5.74) is 0.592. The maximum atomic E-state index is 13.0. The first-order chi connectivity index (χ1) is 13.3. The molecule has 1 aliphatic heterocycles. The highest BCUT2D eigenvalue weighted by molar-refractivity contribution is 9.10. The quantitative estimate of drug-likeness (QED) is 0.696. The smallest absolute Gasteiger partial charge is 0.255 e. The number of anilines is 1. The molecule has 0 atom stereocenters.